The first-order valence-corrected chi connectivity index (χ1v) is 30.9. The molecule has 0 amide bonds. The summed E-state index contributed by atoms with van der Waals surface area (Å²) in [5.41, 5.74) is 0. The maximum absolute atomic E-state index is 12.9. The van der Waals surface area contributed by atoms with Crippen LogP contribution in [0.25, 0.3) is 0 Å². The van der Waals surface area contributed by atoms with Gasteiger partial charge in [-0.1, -0.05) is 206 Å². The van der Waals surface area contributed by atoms with E-state index in [2.05, 4.69) is 130 Å². The van der Waals surface area contributed by atoms with Gasteiger partial charge >= 0.3 is 25.7 Å². The van der Waals surface area contributed by atoms with Gasteiger partial charge in [-0.2, -0.15) is 0 Å². The van der Waals surface area contributed by atoms with E-state index in [1.807, 2.05) is 12.2 Å². The fourth-order valence-corrected chi connectivity index (χ4v) is 8.22. The van der Waals surface area contributed by atoms with Gasteiger partial charge in [0.1, 0.15) is 12.7 Å². The van der Waals surface area contributed by atoms with Crippen molar-refractivity contribution in [3.05, 3.63) is 122 Å². The van der Waals surface area contributed by atoms with Gasteiger partial charge in [0.15, 0.2) is 6.10 Å². The molecule has 0 aromatic carbocycles. The fourth-order valence-electron chi connectivity index (χ4n) is 7.44. The molecule has 0 aromatic rings. The van der Waals surface area contributed by atoms with Crippen LogP contribution in [-0.4, -0.2) is 66.5 Å². The average molecular weight is 1080 g/mol. The van der Waals surface area contributed by atoms with E-state index in [0.29, 0.717) is 25.7 Å². The number of aliphatic hydroxyl groups is 1. The van der Waals surface area contributed by atoms with Crippen molar-refractivity contribution in [2.24, 2.45) is 0 Å². The molecule has 12 heteroatoms. The highest BCUT2D eigenvalue weighted by Gasteiger charge is 2.28. The van der Waals surface area contributed by atoms with Gasteiger partial charge in [-0.15, -0.1) is 0 Å². The SMILES string of the molecule is CC/C=C\C/C=C\C/C=C\C/C=C\C/C=C\CCCC(=O)OC(COC(=O)CCCCCCCC/C=C\C/C=C\C/C=C\C/C=C\CC)COP(=O)(O)OCC(CO)OC(=O)CCCCCCC/C=C\CCCCCC. The first-order chi connectivity index (χ1) is 37.2. The first-order valence-electron chi connectivity index (χ1n) is 29.4. The number of phosphoric ester groups is 1. The van der Waals surface area contributed by atoms with Crippen LogP contribution in [0.15, 0.2) is 122 Å². The second-order valence-corrected chi connectivity index (χ2v) is 20.5. The molecule has 0 bridgehead atoms. The molecule has 0 saturated heterocycles. The number of allylic oxidation sites excluding steroid dienone is 20. The van der Waals surface area contributed by atoms with Crippen LogP contribution in [0.2, 0.25) is 0 Å². The van der Waals surface area contributed by atoms with Gasteiger partial charge in [-0.25, -0.2) is 4.57 Å². The van der Waals surface area contributed by atoms with Crippen LogP contribution in [0.4, 0.5) is 0 Å². The third-order valence-electron chi connectivity index (χ3n) is 11.8. The van der Waals surface area contributed by atoms with Crippen molar-refractivity contribution in [2.75, 3.05) is 26.4 Å². The predicted molar refractivity (Wildman–Crippen MR) is 316 cm³/mol. The van der Waals surface area contributed by atoms with Crippen molar-refractivity contribution in [1.82, 2.24) is 0 Å². The predicted octanol–water partition coefficient (Wildman–Crippen LogP) is 17.6. The zero-order chi connectivity index (χ0) is 55.5. The van der Waals surface area contributed by atoms with Crippen LogP contribution in [0.3, 0.4) is 0 Å². The van der Waals surface area contributed by atoms with E-state index in [1.54, 1.807) is 0 Å². The van der Waals surface area contributed by atoms with Gasteiger partial charge < -0.3 is 24.2 Å². The standard InChI is InChI=1S/C64H105O11P/c1-4-7-10-13-16-19-22-25-27-29-30-32-33-36-38-41-44-47-50-53-62(66)71-57-61(75-64(68)55-52-49-46-43-40-37-34-31-28-26-23-20-17-14-11-8-5-2)59-73-76(69,70)72-58-60(56-65)74-63(67)54-51-48-45-42-39-35-24-21-18-15-12-9-6-3/h7-8,10-11,16-17,19-21,24-28,30,32,34,37,43,46,60-61,65H,4-6,9,12-15,18,22-23,29,31,33,35-36,38-42,44-45,47-59H2,1-3H3,(H,69,70)/b10-7-,11-8-,19-16-,20-17-,24-21-,27-25-,28-26-,32-30-,37-34-,46-43-. The van der Waals surface area contributed by atoms with E-state index < -0.39 is 57.8 Å². The number of carbonyl (C=O) groups excluding carboxylic acids is 3. The number of hydrogen-bond donors (Lipinski definition) is 2. The summed E-state index contributed by atoms with van der Waals surface area (Å²) in [5.74, 6) is -1.57. The van der Waals surface area contributed by atoms with Crippen molar-refractivity contribution < 1.29 is 52.2 Å². The van der Waals surface area contributed by atoms with Crippen molar-refractivity contribution in [3.63, 3.8) is 0 Å². The number of rotatable bonds is 53. The summed E-state index contributed by atoms with van der Waals surface area (Å²) in [6.07, 6.45) is 70.2. The molecule has 0 aliphatic heterocycles. The van der Waals surface area contributed by atoms with E-state index in [1.165, 1.54) is 25.7 Å². The minimum Gasteiger partial charge on any atom is -0.462 e. The number of aliphatic hydroxyl groups excluding tert-OH is 1. The Morgan fingerprint density at radius 3 is 1.12 bits per heavy atom. The smallest absolute Gasteiger partial charge is 0.462 e. The summed E-state index contributed by atoms with van der Waals surface area (Å²) in [6.45, 7) is 4.30. The summed E-state index contributed by atoms with van der Waals surface area (Å²) >= 11 is 0. The van der Waals surface area contributed by atoms with Gasteiger partial charge in [0.05, 0.1) is 19.8 Å². The molecule has 0 spiro atoms. The van der Waals surface area contributed by atoms with Crippen molar-refractivity contribution in [3.8, 4) is 0 Å². The second kappa shape index (κ2) is 57.1. The highest BCUT2D eigenvalue weighted by atomic mass is 31.2. The zero-order valence-electron chi connectivity index (χ0n) is 47.7. The van der Waals surface area contributed by atoms with Crippen LogP contribution in [-0.2, 0) is 42.2 Å². The zero-order valence-corrected chi connectivity index (χ0v) is 48.6. The Morgan fingerprint density at radius 2 is 0.697 bits per heavy atom. The molecular weight excluding hydrogens is 976 g/mol. The summed E-state index contributed by atoms with van der Waals surface area (Å²) < 4.78 is 39.5. The first kappa shape index (κ1) is 71.9. The van der Waals surface area contributed by atoms with E-state index in [0.717, 1.165) is 135 Å². The van der Waals surface area contributed by atoms with Gasteiger partial charge in [0.2, 0.25) is 0 Å². The summed E-state index contributed by atoms with van der Waals surface area (Å²) in [4.78, 5) is 48.6. The average Bonchev–Trinajstić information content (AvgIpc) is 3.41. The van der Waals surface area contributed by atoms with Crippen molar-refractivity contribution in [2.45, 2.75) is 238 Å². The third-order valence-corrected chi connectivity index (χ3v) is 12.8. The number of carbonyl (C=O) groups is 3. The second-order valence-electron chi connectivity index (χ2n) is 19.0. The van der Waals surface area contributed by atoms with Crippen LogP contribution < -0.4 is 0 Å². The van der Waals surface area contributed by atoms with Crippen LogP contribution in [0.5, 0.6) is 0 Å². The Morgan fingerprint density at radius 1 is 0.382 bits per heavy atom. The van der Waals surface area contributed by atoms with Crippen LogP contribution in [0, 0.1) is 0 Å². The molecule has 0 aliphatic carbocycles. The lowest BCUT2D eigenvalue weighted by Crippen LogP contribution is -2.30. The molecule has 432 valence electrons. The molecule has 0 heterocycles. The third kappa shape index (κ3) is 54.7. The number of ether oxygens (including phenoxy) is 3. The van der Waals surface area contributed by atoms with E-state index in [9.17, 15) is 28.9 Å². The fraction of sp³-hybridized carbons (Fsp3) is 0.641. The normalized spacial score (nSPS) is 14.2. The molecule has 11 nitrogen and oxygen atoms in total. The Balaban J connectivity index is 4.85. The Labute approximate surface area is 462 Å². The lowest BCUT2D eigenvalue weighted by Gasteiger charge is -2.21. The lowest BCUT2D eigenvalue weighted by molar-refractivity contribution is -0.161. The van der Waals surface area contributed by atoms with E-state index in [-0.39, 0.29) is 25.9 Å². The molecule has 2 N–H and O–H groups in total. The monoisotopic (exact) mass is 1080 g/mol. The lowest BCUT2D eigenvalue weighted by atomic mass is 10.1. The Bertz CT molecular complexity index is 1740. The summed E-state index contributed by atoms with van der Waals surface area (Å²) in [6, 6.07) is 0. The maximum atomic E-state index is 12.9. The Kier molecular flexibility index (Phi) is 54.0. The van der Waals surface area contributed by atoms with Crippen LogP contribution in [0.1, 0.15) is 226 Å². The molecule has 3 unspecified atom stereocenters. The highest BCUT2D eigenvalue weighted by Crippen LogP contribution is 2.43. The highest BCUT2D eigenvalue weighted by molar-refractivity contribution is 7.47. The molecular formula is C64H105O11P. The number of phosphoric acid groups is 1. The molecule has 0 aromatic heterocycles. The van der Waals surface area contributed by atoms with Gasteiger partial charge in [-0.3, -0.25) is 23.4 Å². The van der Waals surface area contributed by atoms with Gasteiger partial charge in [-0.05, 0) is 122 Å². The Hall–Kier alpha value is -4.12. The van der Waals surface area contributed by atoms with Crippen LogP contribution >= 0.6 is 7.82 Å². The quantitative estimate of drug-likeness (QED) is 0.0197. The topological polar surface area (TPSA) is 155 Å². The van der Waals surface area contributed by atoms with Gasteiger partial charge in [0.25, 0.3) is 0 Å². The minimum absolute atomic E-state index is 0.0793. The molecule has 0 radical (unpaired) electrons. The largest absolute Gasteiger partial charge is 0.472 e. The minimum atomic E-state index is -4.78. The summed E-state index contributed by atoms with van der Waals surface area (Å²) in [5, 5.41) is 9.81. The summed E-state index contributed by atoms with van der Waals surface area (Å²) in [7, 11) is -4.78. The van der Waals surface area contributed by atoms with Crippen molar-refractivity contribution >= 4 is 25.7 Å². The van der Waals surface area contributed by atoms with E-state index >= 15 is 0 Å². The number of hydrogen-bond acceptors (Lipinski definition) is 10. The van der Waals surface area contributed by atoms with Gasteiger partial charge in [0, 0.05) is 19.3 Å². The molecule has 3 atom stereocenters. The molecule has 0 rings (SSSR count). The van der Waals surface area contributed by atoms with E-state index in [4.69, 9.17) is 23.3 Å². The molecule has 0 fully saturated rings. The number of unbranched alkanes of at least 4 members (excludes halogenated alkanes) is 16. The number of esters is 3. The molecule has 0 aliphatic rings. The maximum Gasteiger partial charge on any atom is 0.472 e. The van der Waals surface area contributed by atoms with Crippen molar-refractivity contribution in [1.29, 1.82) is 0 Å². The molecule has 76 heavy (non-hydrogen) atoms. The molecule has 0 saturated carbocycles.